The maximum atomic E-state index is 13.0. The quantitative estimate of drug-likeness (QED) is 0.612. The highest BCUT2D eigenvalue weighted by molar-refractivity contribution is 5.98. The predicted octanol–water partition coefficient (Wildman–Crippen LogP) is 1.23. The van der Waals surface area contributed by atoms with Gasteiger partial charge in [-0.25, -0.2) is 4.39 Å². The lowest BCUT2D eigenvalue weighted by Gasteiger charge is -2.09. The normalized spacial score (nSPS) is 11.9. The molecule has 0 heterocycles. The van der Waals surface area contributed by atoms with E-state index in [2.05, 4.69) is 5.32 Å². The van der Waals surface area contributed by atoms with E-state index in [1.54, 1.807) is 6.92 Å². The number of nitrogens with zero attached hydrogens (tertiary/aromatic N) is 1. The molecule has 1 aromatic rings. The van der Waals surface area contributed by atoms with Crippen molar-refractivity contribution in [3.63, 3.8) is 0 Å². The van der Waals surface area contributed by atoms with Crippen molar-refractivity contribution in [3.8, 4) is 0 Å². The van der Waals surface area contributed by atoms with Gasteiger partial charge in [-0.1, -0.05) is 6.92 Å². The zero-order valence-electron chi connectivity index (χ0n) is 9.72. The van der Waals surface area contributed by atoms with Gasteiger partial charge >= 0.3 is 0 Å². The lowest BCUT2D eigenvalue weighted by Crippen LogP contribution is -2.32. The Morgan fingerprint density at radius 2 is 2.28 bits per heavy atom. The first kappa shape index (κ1) is 14.0. The molecule has 0 bridgehead atoms. The fourth-order valence-corrected chi connectivity index (χ4v) is 1.30. The zero-order chi connectivity index (χ0) is 13.7. The summed E-state index contributed by atoms with van der Waals surface area (Å²) in [6.07, 6.45) is -0.299. The van der Waals surface area contributed by atoms with Crippen molar-refractivity contribution in [2.75, 3.05) is 6.54 Å². The first-order valence-corrected chi connectivity index (χ1v) is 5.36. The molecule has 1 unspecified atom stereocenters. The molecular formula is C11H13FN2O4. The number of hydrogen-bond acceptors (Lipinski definition) is 4. The Hall–Kier alpha value is -2.02. The van der Waals surface area contributed by atoms with Crippen LogP contribution in [0.2, 0.25) is 0 Å². The summed E-state index contributed by atoms with van der Waals surface area (Å²) < 4.78 is 13.0. The van der Waals surface area contributed by atoms with Gasteiger partial charge in [0, 0.05) is 12.6 Å². The maximum absolute atomic E-state index is 13.0. The highest BCUT2D eigenvalue weighted by Gasteiger charge is 2.21. The van der Waals surface area contributed by atoms with E-state index in [0.717, 1.165) is 18.2 Å². The van der Waals surface area contributed by atoms with Gasteiger partial charge in [0.2, 0.25) is 0 Å². The number of carbonyl (C=O) groups excluding carboxylic acids is 1. The number of nitrogens with one attached hydrogen (secondary N) is 1. The Labute approximate surface area is 103 Å². The summed E-state index contributed by atoms with van der Waals surface area (Å²) in [5.41, 5.74) is -0.830. The largest absolute Gasteiger partial charge is 0.391 e. The Morgan fingerprint density at radius 1 is 1.61 bits per heavy atom. The van der Waals surface area contributed by atoms with E-state index < -0.39 is 28.4 Å². The maximum Gasteiger partial charge on any atom is 0.282 e. The molecule has 6 nitrogen and oxygen atoms in total. The van der Waals surface area contributed by atoms with Crippen LogP contribution in [0.5, 0.6) is 0 Å². The molecule has 2 N–H and O–H groups in total. The van der Waals surface area contributed by atoms with Gasteiger partial charge in [-0.05, 0) is 18.6 Å². The van der Waals surface area contributed by atoms with Crippen LogP contribution in [0, 0.1) is 15.9 Å². The van der Waals surface area contributed by atoms with E-state index in [1.807, 2.05) is 0 Å². The Bertz CT molecular complexity index is 464. The molecule has 1 atom stereocenters. The first-order chi connectivity index (χ1) is 8.45. The molecule has 98 valence electrons. The minimum absolute atomic E-state index is 0.0387. The molecule has 0 radical (unpaired) electrons. The molecule has 0 aliphatic carbocycles. The minimum atomic E-state index is -0.784. The summed E-state index contributed by atoms with van der Waals surface area (Å²) in [5.74, 6) is -1.52. The van der Waals surface area contributed by atoms with Crippen LogP contribution in [0.4, 0.5) is 10.1 Å². The number of rotatable bonds is 5. The SMILES string of the molecule is CCC(O)CNC(=O)c1cc(F)ccc1[N+](=O)[O-]. The van der Waals surface area contributed by atoms with Crippen molar-refractivity contribution in [3.05, 3.63) is 39.7 Å². The minimum Gasteiger partial charge on any atom is -0.391 e. The van der Waals surface area contributed by atoms with Crippen LogP contribution >= 0.6 is 0 Å². The summed E-state index contributed by atoms with van der Waals surface area (Å²) in [6.45, 7) is 1.68. The van der Waals surface area contributed by atoms with Crippen molar-refractivity contribution in [2.45, 2.75) is 19.4 Å². The highest BCUT2D eigenvalue weighted by atomic mass is 19.1. The Kier molecular flexibility index (Phi) is 4.73. The third-order valence-electron chi connectivity index (χ3n) is 2.37. The van der Waals surface area contributed by atoms with Crippen LogP contribution in [-0.4, -0.2) is 28.6 Å². The Balaban J connectivity index is 2.90. The number of amides is 1. The lowest BCUT2D eigenvalue weighted by atomic mass is 10.1. The number of nitro benzene ring substituents is 1. The standard InChI is InChI=1S/C11H13FN2O4/c1-2-8(15)6-13-11(16)9-5-7(12)3-4-10(9)14(17)18/h3-5,8,15H,2,6H2,1H3,(H,13,16). The summed E-state index contributed by atoms with van der Waals surface area (Å²) in [6, 6.07) is 2.64. The number of nitro groups is 1. The van der Waals surface area contributed by atoms with Crippen LogP contribution in [0.1, 0.15) is 23.7 Å². The fraction of sp³-hybridized carbons (Fsp3) is 0.364. The molecule has 1 amide bonds. The third-order valence-corrected chi connectivity index (χ3v) is 2.37. The Morgan fingerprint density at radius 3 is 2.83 bits per heavy atom. The van der Waals surface area contributed by atoms with E-state index in [9.17, 15) is 24.4 Å². The molecule has 0 aromatic heterocycles. The van der Waals surface area contributed by atoms with Gasteiger partial charge in [-0.15, -0.1) is 0 Å². The molecule has 1 rings (SSSR count). The molecule has 0 aliphatic rings. The second kappa shape index (κ2) is 6.06. The number of benzene rings is 1. The summed E-state index contributed by atoms with van der Waals surface area (Å²) in [4.78, 5) is 21.6. The number of halogens is 1. The average Bonchev–Trinajstić information content (AvgIpc) is 2.34. The molecule has 0 spiro atoms. The number of aliphatic hydroxyl groups excluding tert-OH is 1. The third kappa shape index (κ3) is 3.49. The zero-order valence-corrected chi connectivity index (χ0v) is 9.72. The van der Waals surface area contributed by atoms with Crippen LogP contribution in [0.25, 0.3) is 0 Å². The average molecular weight is 256 g/mol. The van der Waals surface area contributed by atoms with Crippen LogP contribution in [-0.2, 0) is 0 Å². The molecule has 18 heavy (non-hydrogen) atoms. The number of aliphatic hydroxyl groups is 1. The second-order valence-corrected chi connectivity index (χ2v) is 3.69. The van der Waals surface area contributed by atoms with Crippen molar-refractivity contribution >= 4 is 11.6 Å². The number of hydrogen-bond donors (Lipinski definition) is 2. The summed E-state index contributed by atoms with van der Waals surface area (Å²) in [5, 5.41) is 22.3. The molecule has 0 aliphatic heterocycles. The fourth-order valence-electron chi connectivity index (χ4n) is 1.30. The molecule has 7 heteroatoms. The monoisotopic (exact) mass is 256 g/mol. The van der Waals surface area contributed by atoms with Gasteiger partial charge in [0.25, 0.3) is 11.6 Å². The first-order valence-electron chi connectivity index (χ1n) is 5.36. The van der Waals surface area contributed by atoms with E-state index in [0.29, 0.717) is 6.42 Å². The van der Waals surface area contributed by atoms with Crippen molar-refractivity contribution < 1.29 is 19.2 Å². The highest BCUT2D eigenvalue weighted by Crippen LogP contribution is 2.19. The molecule has 0 saturated heterocycles. The van der Waals surface area contributed by atoms with Crippen LogP contribution in [0.15, 0.2) is 18.2 Å². The summed E-state index contributed by atoms with van der Waals surface area (Å²) in [7, 11) is 0. The van der Waals surface area contributed by atoms with Gasteiger partial charge in [-0.2, -0.15) is 0 Å². The number of carbonyl (C=O) groups is 1. The van der Waals surface area contributed by atoms with E-state index >= 15 is 0 Å². The van der Waals surface area contributed by atoms with E-state index in [4.69, 9.17) is 0 Å². The lowest BCUT2D eigenvalue weighted by molar-refractivity contribution is -0.385. The molecular weight excluding hydrogens is 243 g/mol. The predicted molar refractivity (Wildman–Crippen MR) is 61.7 cm³/mol. The molecule has 0 saturated carbocycles. The van der Waals surface area contributed by atoms with Crippen molar-refractivity contribution in [1.29, 1.82) is 0 Å². The van der Waals surface area contributed by atoms with Crippen LogP contribution < -0.4 is 5.32 Å². The topological polar surface area (TPSA) is 92.5 Å². The van der Waals surface area contributed by atoms with Gasteiger partial charge in [0.05, 0.1) is 11.0 Å². The molecule has 0 fully saturated rings. The summed E-state index contributed by atoms with van der Waals surface area (Å²) >= 11 is 0. The van der Waals surface area contributed by atoms with Gasteiger partial charge < -0.3 is 10.4 Å². The van der Waals surface area contributed by atoms with Crippen LogP contribution in [0.3, 0.4) is 0 Å². The van der Waals surface area contributed by atoms with E-state index in [1.165, 1.54) is 0 Å². The van der Waals surface area contributed by atoms with Crippen molar-refractivity contribution in [2.24, 2.45) is 0 Å². The molecule has 1 aromatic carbocycles. The van der Waals surface area contributed by atoms with Gasteiger partial charge in [-0.3, -0.25) is 14.9 Å². The van der Waals surface area contributed by atoms with Gasteiger partial charge in [0.15, 0.2) is 0 Å². The smallest absolute Gasteiger partial charge is 0.282 e. The van der Waals surface area contributed by atoms with Gasteiger partial charge in [0.1, 0.15) is 11.4 Å². The van der Waals surface area contributed by atoms with Crippen molar-refractivity contribution in [1.82, 2.24) is 5.32 Å². The van der Waals surface area contributed by atoms with E-state index in [-0.39, 0.29) is 12.1 Å². The second-order valence-electron chi connectivity index (χ2n) is 3.69.